The van der Waals surface area contributed by atoms with Crippen LogP contribution in [0.25, 0.3) is 0 Å². The van der Waals surface area contributed by atoms with Crippen molar-refractivity contribution < 1.29 is 18.3 Å². The number of piperazine rings is 1. The van der Waals surface area contributed by atoms with E-state index in [9.17, 15) is 13.6 Å². The smallest absolute Gasteiger partial charge is 0.341 e. The molecule has 0 unspecified atom stereocenters. The zero-order chi connectivity index (χ0) is 28.4. The second kappa shape index (κ2) is 15.4. The molecule has 1 aromatic heterocycles. The maximum Gasteiger partial charge on any atom is 0.341 e. The number of nitrogens with zero attached hydrogens (tertiary/aromatic N) is 3. The summed E-state index contributed by atoms with van der Waals surface area (Å²) < 4.78 is 32.7. The second-order valence-electron chi connectivity index (χ2n) is 10.4. The van der Waals surface area contributed by atoms with Gasteiger partial charge in [0.15, 0.2) is 0 Å². The van der Waals surface area contributed by atoms with E-state index >= 15 is 0 Å². The summed E-state index contributed by atoms with van der Waals surface area (Å²) in [5.74, 6) is -0.132. The molecule has 4 aromatic rings. The number of ether oxygens (including phenoxy) is 1. The summed E-state index contributed by atoms with van der Waals surface area (Å²) >= 11 is 0. The number of pyridine rings is 1. The molecular formula is C34H36ClF2N3O2. The molecule has 0 bridgehead atoms. The minimum absolute atomic E-state index is 0. The van der Waals surface area contributed by atoms with Crippen molar-refractivity contribution >= 4 is 24.2 Å². The van der Waals surface area contributed by atoms with E-state index in [0.717, 1.165) is 62.3 Å². The first-order chi connectivity index (χ1) is 20.1. The number of carbonyl (C=O) groups excluding carboxylic acids is 1. The fourth-order valence-corrected chi connectivity index (χ4v) is 5.41. The molecule has 0 radical (unpaired) electrons. The highest BCUT2D eigenvalue weighted by Gasteiger charge is 2.24. The van der Waals surface area contributed by atoms with Gasteiger partial charge in [-0.15, -0.1) is 12.4 Å². The van der Waals surface area contributed by atoms with Gasteiger partial charge >= 0.3 is 5.97 Å². The molecule has 42 heavy (non-hydrogen) atoms. The molecule has 5 nitrogen and oxygen atoms in total. The Bertz CT molecular complexity index is 1350. The highest BCUT2D eigenvalue weighted by atomic mass is 35.5. The number of hydrogen-bond acceptors (Lipinski definition) is 5. The highest BCUT2D eigenvalue weighted by molar-refractivity contribution is 5.94. The maximum atomic E-state index is 13.6. The Hall–Kier alpha value is -3.81. The van der Waals surface area contributed by atoms with Crippen LogP contribution in [0.3, 0.4) is 0 Å². The van der Waals surface area contributed by atoms with Crippen molar-refractivity contribution in [1.82, 2.24) is 9.88 Å². The Labute approximate surface area is 252 Å². The summed E-state index contributed by atoms with van der Waals surface area (Å²) in [7, 11) is 0. The molecule has 1 saturated heterocycles. The van der Waals surface area contributed by atoms with Gasteiger partial charge in [0.25, 0.3) is 0 Å². The Morgan fingerprint density at radius 3 is 2.05 bits per heavy atom. The molecular weight excluding hydrogens is 556 g/mol. The fourth-order valence-electron chi connectivity index (χ4n) is 5.41. The van der Waals surface area contributed by atoms with Gasteiger partial charge in [0, 0.05) is 44.7 Å². The number of anilines is 1. The largest absolute Gasteiger partial charge is 0.462 e. The molecule has 1 aliphatic rings. The molecule has 220 valence electrons. The maximum absolute atomic E-state index is 13.6. The lowest BCUT2D eigenvalue weighted by Gasteiger charge is -2.36. The first-order valence-corrected chi connectivity index (χ1v) is 14.2. The first kappa shape index (κ1) is 31.1. The van der Waals surface area contributed by atoms with Crippen molar-refractivity contribution in [2.45, 2.75) is 25.2 Å². The quantitative estimate of drug-likeness (QED) is 0.177. The van der Waals surface area contributed by atoms with E-state index in [1.807, 2.05) is 54.6 Å². The van der Waals surface area contributed by atoms with Crippen molar-refractivity contribution in [3.05, 3.63) is 131 Å². The van der Waals surface area contributed by atoms with E-state index in [0.29, 0.717) is 24.4 Å². The van der Waals surface area contributed by atoms with E-state index in [2.05, 4.69) is 14.8 Å². The van der Waals surface area contributed by atoms with Gasteiger partial charge in [0.1, 0.15) is 23.0 Å². The molecule has 2 heterocycles. The molecule has 1 aliphatic heterocycles. The molecule has 0 N–H and O–H groups in total. The second-order valence-corrected chi connectivity index (χ2v) is 10.4. The predicted octanol–water partition coefficient (Wildman–Crippen LogP) is 6.92. The van der Waals surface area contributed by atoms with Gasteiger partial charge in [-0.1, -0.05) is 54.6 Å². The summed E-state index contributed by atoms with van der Waals surface area (Å²) in [6.45, 7) is 4.49. The monoisotopic (exact) mass is 591 g/mol. The van der Waals surface area contributed by atoms with Crippen LogP contribution in [0.2, 0.25) is 0 Å². The third-order valence-corrected chi connectivity index (χ3v) is 7.66. The van der Waals surface area contributed by atoms with Gasteiger partial charge in [-0.2, -0.15) is 0 Å². The molecule has 0 aliphatic carbocycles. The standard InChI is InChI=1S/C34H35F2N3O2.ClH/c35-29-14-10-27(11-15-29)31(28-12-16-30(36)17-13-28)9-5-20-38-21-23-39(24-22-38)33-32(8-4-19-37-33)34(40)41-25-18-26-6-2-1-3-7-26;/h1-4,6-8,10-17,19,31H,5,9,18,20-25H2;1H. The normalized spacial score (nSPS) is 13.5. The van der Waals surface area contributed by atoms with E-state index in [1.54, 1.807) is 18.3 Å². The van der Waals surface area contributed by atoms with Gasteiger partial charge in [-0.05, 0) is 72.5 Å². The molecule has 8 heteroatoms. The first-order valence-electron chi connectivity index (χ1n) is 14.2. The van der Waals surface area contributed by atoms with E-state index in [1.165, 1.54) is 24.3 Å². The summed E-state index contributed by atoms with van der Waals surface area (Å²) in [5.41, 5.74) is 3.68. The third kappa shape index (κ3) is 8.37. The average Bonchev–Trinajstić information content (AvgIpc) is 3.01. The summed E-state index contributed by atoms with van der Waals surface area (Å²) in [6, 6.07) is 26.7. The minimum atomic E-state index is -0.348. The molecule has 0 atom stereocenters. The molecule has 3 aromatic carbocycles. The van der Waals surface area contributed by atoms with Crippen LogP contribution in [0.15, 0.2) is 97.2 Å². The summed E-state index contributed by atoms with van der Waals surface area (Å²) in [4.78, 5) is 22.0. The number of aromatic nitrogens is 1. The molecule has 0 spiro atoms. The van der Waals surface area contributed by atoms with Gasteiger partial charge in [-0.3, -0.25) is 4.90 Å². The molecule has 1 fully saturated rings. The van der Waals surface area contributed by atoms with Gasteiger partial charge in [-0.25, -0.2) is 18.6 Å². The van der Waals surface area contributed by atoms with Crippen LogP contribution < -0.4 is 4.90 Å². The SMILES string of the molecule is Cl.O=C(OCCc1ccccc1)c1cccnc1N1CCN(CCCC(c2ccc(F)cc2)c2ccc(F)cc2)CC1. The van der Waals surface area contributed by atoms with E-state index < -0.39 is 0 Å². The molecule has 5 rings (SSSR count). The molecule has 0 amide bonds. The Morgan fingerprint density at radius 1 is 0.810 bits per heavy atom. The van der Waals surface area contributed by atoms with Crippen LogP contribution in [0.4, 0.5) is 14.6 Å². The van der Waals surface area contributed by atoms with Crippen molar-refractivity contribution in [2.75, 3.05) is 44.2 Å². The summed E-state index contributed by atoms with van der Waals surface area (Å²) in [6.07, 6.45) is 4.20. The van der Waals surface area contributed by atoms with Crippen molar-refractivity contribution in [3.63, 3.8) is 0 Å². The lowest BCUT2D eigenvalue weighted by Crippen LogP contribution is -2.47. The van der Waals surface area contributed by atoms with Gasteiger partial charge in [0.05, 0.1) is 6.61 Å². The van der Waals surface area contributed by atoms with E-state index in [-0.39, 0.29) is 35.9 Å². The van der Waals surface area contributed by atoms with Crippen molar-refractivity contribution in [1.29, 1.82) is 0 Å². The number of rotatable bonds is 11. The zero-order valence-electron chi connectivity index (χ0n) is 23.5. The number of benzene rings is 3. The highest BCUT2D eigenvalue weighted by Crippen LogP contribution is 2.30. The lowest BCUT2D eigenvalue weighted by molar-refractivity contribution is 0.0509. The Morgan fingerprint density at radius 2 is 1.43 bits per heavy atom. The van der Waals surface area contributed by atoms with Crippen LogP contribution >= 0.6 is 12.4 Å². The van der Waals surface area contributed by atoms with Crippen LogP contribution in [0.5, 0.6) is 0 Å². The van der Waals surface area contributed by atoms with Crippen LogP contribution in [-0.2, 0) is 11.2 Å². The fraction of sp³-hybridized carbons (Fsp3) is 0.294. The zero-order valence-corrected chi connectivity index (χ0v) is 24.3. The van der Waals surface area contributed by atoms with Crippen LogP contribution in [-0.4, -0.2) is 55.2 Å². The van der Waals surface area contributed by atoms with Crippen LogP contribution in [0.1, 0.15) is 45.8 Å². The number of hydrogen-bond donors (Lipinski definition) is 0. The Kier molecular flexibility index (Phi) is 11.4. The number of carbonyl (C=O) groups is 1. The predicted molar refractivity (Wildman–Crippen MR) is 164 cm³/mol. The van der Waals surface area contributed by atoms with Crippen molar-refractivity contribution in [3.8, 4) is 0 Å². The van der Waals surface area contributed by atoms with Crippen LogP contribution in [0, 0.1) is 11.6 Å². The number of halogens is 3. The summed E-state index contributed by atoms with van der Waals surface area (Å²) in [5, 5.41) is 0. The van der Waals surface area contributed by atoms with E-state index in [4.69, 9.17) is 4.74 Å². The topological polar surface area (TPSA) is 45.7 Å². The van der Waals surface area contributed by atoms with Gasteiger partial charge < -0.3 is 9.64 Å². The number of esters is 1. The average molecular weight is 592 g/mol. The lowest BCUT2D eigenvalue weighted by atomic mass is 9.87. The van der Waals surface area contributed by atoms with Crippen molar-refractivity contribution in [2.24, 2.45) is 0 Å². The third-order valence-electron chi connectivity index (χ3n) is 7.66. The minimum Gasteiger partial charge on any atom is -0.462 e. The Balaban J connectivity index is 0.00000405. The molecule has 0 saturated carbocycles. The van der Waals surface area contributed by atoms with Gasteiger partial charge in [0.2, 0.25) is 0 Å².